The monoisotopic (exact) mass is 300 g/mol. The van der Waals surface area contributed by atoms with Gasteiger partial charge in [0.1, 0.15) is 0 Å². The molecule has 0 heterocycles. The quantitative estimate of drug-likeness (QED) is 0.798. The smallest absolute Gasteiger partial charge is 0.251 e. The van der Waals surface area contributed by atoms with Gasteiger partial charge in [-0.05, 0) is 37.6 Å². The Balaban J connectivity index is 2.84. The highest BCUT2D eigenvalue weighted by Gasteiger charge is 2.17. The van der Waals surface area contributed by atoms with E-state index in [0.29, 0.717) is 12.0 Å². The summed E-state index contributed by atoms with van der Waals surface area (Å²) >= 11 is 0. The molecule has 0 aliphatic heterocycles. The summed E-state index contributed by atoms with van der Waals surface area (Å²) in [7, 11) is -0.581. The Morgan fingerprint density at radius 1 is 1.30 bits per heavy atom. The topological polar surface area (TPSA) is 86.7 Å². The number of nitrogens with zero attached hydrogens (tertiary/aromatic N) is 1. The summed E-state index contributed by atoms with van der Waals surface area (Å²) in [5.74, 6) is -0.292. The minimum atomic E-state index is -3.48. The molecule has 1 amide bonds. The number of hydrogen-bond donors (Lipinski definition) is 2. The molecule has 0 saturated carbocycles. The van der Waals surface area contributed by atoms with Crippen molar-refractivity contribution < 1.29 is 18.3 Å². The number of hydrogen-bond acceptors (Lipinski definition) is 4. The number of aliphatic hydroxyl groups excluding tert-OH is 1. The maximum Gasteiger partial charge on any atom is 0.251 e. The van der Waals surface area contributed by atoms with E-state index in [4.69, 9.17) is 5.11 Å². The molecule has 6 nitrogen and oxygen atoms in total. The van der Waals surface area contributed by atoms with Gasteiger partial charge in [0.2, 0.25) is 10.0 Å². The van der Waals surface area contributed by atoms with E-state index >= 15 is 0 Å². The second kappa shape index (κ2) is 6.83. The summed E-state index contributed by atoms with van der Waals surface area (Å²) in [4.78, 5) is 12.0. The first kappa shape index (κ1) is 16.6. The van der Waals surface area contributed by atoms with Gasteiger partial charge in [-0.2, -0.15) is 0 Å². The first-order valence-electron chi connectivity index (χ1n) is 6.23. The number of aliphatic hydroxyl groups is 1. The van der Waals surface area contributed by atoms with Gasteiger partial charge < -0.3 is 10.4 Å². The van der Waals surface area contributed by atoms with Gasteiger partial charge in [0, 0.05) is 32.3 Å². The van der Waals surface area contributed by atoms with E-state index in [2.05, 4.69) is 5.32 Å². The Kier molecular flexibility index (Phi) is 5.67. The predicted octanol–water partition coefficient (Wildman–Crippen LogP) is 0.438. The van der Waals surface area contributed by atoms with Crippen LogP contribution in [0.4, 0.5) is 0 Å². The number of amides is 1. The van der Waals surface area contributed by atoms with E-state index in [1.165, 1.54) is 38.4 Å². The lowest BCUT2D eigenvalue weighted by Gasteiger charge is -2.13. The molecule has 0 spiro atoms. The molecule has 0 radical (unpaired) electrons. The first-order chi connectivity index (χ1) is 9.28. The summed E-state index contributed by atoms with van der Waals surface area (Å²) < 4.78 is 24.9. The fraction of sp³-hybridized carbons (Fsp3) is 0.462. The van der Waals surface area contributed by atoms with E-state index < -0.39 is 10.0 Å². The molecule has 0 aromatic heterocycles. The average Bonchev–Trinajstić information content (AvgIpc) is 2.38. The summed E-state index contributed by atoms with van der Waals surface area (Å²) in [5.41, 5.74) is 0.382. The minimum absolute atomic E-state index is 0.00145. The molecule has 0 aliphatic rings. The van der Waals surface area contributed by atoms with Crippen molar-refractivity contribution in [2.75, 3.05) is 20.7 Å². The van der Waals surface area contributed by atoms with Crippen LogP contribution in [-0.2, 0) is 10.0 Å². The van der Waals surface area contributed by atoms with Crippen LogP contribution in [0.2, 0.25) is 0 Å². The lowest BCUT2D eigenvalue weighted by molar-refractivity contribution is 0.0934. The molecule has 1 unspecified atom stereocenters. The van der Waals surface area contributed by atoms with Crippen molar-refractivity contribution in [1.29, 1.82) is 0 Å². The summed E-state index contributed by atoms with van der Waals surface area (Å²) in [6.07, 6.45) is 0.471. The van der Waals surface area contributed by atoms with Gasteiger partial charge in [0.05, 0.1) is 4.90 Å². The minimum Gasteiger partial charge on any atom is -0.396 e. The molecule has 1 aromatic rings. The Labute approximate surface area is 119 Å². The average molecular weight is 300 g/mol. The van der Waals surface area contributed by atoms with Crippen molar-refractivity contribution in [3.63, 3.8) is 0 Å². The van der Waals surface area contributed by atoms with Gasteiger partial charge in [-0.1, -0.05) is 0 Å². The second-order valence-electron chi connectivity index (χ2n) is 4.70. The molecular formula is C13H20N2O4S. The third-order valence-corrected chi connectivity index (χ3v) is 4.66. The van der Waals surface area contributed by atoms with Crippen molar-refractivity contribution in [2.24, 2.45) is 0 Å². The molecular weight excluding hydrogens is 280 g/mol. The van der Waals surface area contributed by atoms with Crippen LogP contribution in [-0.4, -0.2) is 50.5 Å². The van der Waals surface area contributed by atoms with Crippen LogP contribution in [0.15, 0.2) is 29.2 Å². The second-order valence-corrected chi connectivity index (χ2v) is 6.85. The molecule has 2 N–H and O–H groups in total. The Morgan fingerprint density at radius 3 is 2.30 bits per heavy atom. The highest BCUT2D eigenvalue weighted by Crippen LogP contribution is 2.14. The molecule has 0 aliphatic carbocycles. The van der Waals surface area contributed by atoms with Gasteiger partial charge in [0.25, 0.3) is 5.91 Å². The van der Waals surface area contributed by atoms with Crippen LogP contribution in [0.5, 0.6) is 0 Å². The lowest BCUT2D eigenvalue weighted by atomic mass is 10.2. The van der Waals surface area contributed by atoms with Crippen LogP contribution in [0.25, 0.3) is 0 Å². The molecule has 1 aromatic carbocycles. The van der Waals surface area contributed by atoms with Gasteiger partial charge in [-0.3, -0.25) is 4.79 Å². The van der Waals surface area contributed by atoms with E-state index in [9.17, 15) is 13.2 Å². The number of benzene rings is 1. The van der Waals surface area contributed by atoms with Crippen LogP contribution in [0.3, 0.4) is 0 Å². The largest absolute Gasteiger partial charge is 0.396 e. The Bertz CT molecular complexity index is 552. The summed E-state index contributed by atoms with van der Waals surface area (Å²) in [5, 5.41) is 11.5. The predicted molar refractivity (Wildman–Crippen MR) is 75.9 cm³/mol. The van der Waals surface area contributed by atoms with Crippen molar-refractivity contribution in [3.8, 4) is 0 Å². The standard InChI is InChI=1S/C13H20N2O4S/c1-10(8-9-16)14-13(17)11-4-6-12(7-5-11)20(18,19)15(2)3/h4-7,10,16H,8-9H2,1-3H3,(H,14,17). The zero-order chi connectivity index (χ0) is 15.3. The SMILES string of the molecule is CC(CCO)NC(=O)c1ccc(S(=O)(=O)N(C)C)cc1. The van der Waals surface area contributed by atoms with Crippen LogP contribution in [0.1, 0.15) is 23.7 Å². The van der Waals surface area contributed by atoms with Gasteiger partial charge in [-0.15, -0.1) is 0 Å². The molecule has 0 bridgehead atoms. The molecule has 7 heteroatoms. The zero-order valence-corrected chi connectivity index (χ0v) is 12.6. The van der Waals surface area contributed by atoms with Gasteiger partial charge in [-0.25, -0.2) is 12.7 Å². The highest BCUT2D eigenvalue weighted by atomic mass is 32.2. The number of carbonyl (C=O) groups is 1. The molecule has 1 rings (SSSR count). The number of rotatable bonds is 6. The Morgan fingerprint density at radius 2 is 1.85 bits per heavy atom. The van der Waals surface area contributed by atoms with Gasteiger partial charge >= 0.3 is 0 Å². The Hall–Kier alpha value is -1.44. The summed E-state index contributed by atoms with van der Waals surface area (Å²) in [6, 6.07) is 5.61. The van der Waals surface area contributed by atoms with E-state index in [0.717, 1.165) is 4.31 Å². The van der Waals surface area contributed by atoms with Crippen molar-refractivity contribution >= 4 is 15.9 Å². The van der Waals surface area contributed by atoms with Crippen LogP contribution >= 0.6 is 0 Å². The number of carbonyl (C=O) groups excluding carboxylic acids is 1. The zero-order valence-electron chi connectivity index (χ0n) is 11.8. The van der Waals surface area contributed by atoms with Crippen molar-refractivity contribution in [2.45, 2.75) is 24.3 Å². The van der Waals surface area contributed by atoms with E-state index in [1.807, 2.05) is 0 Å². The summed E-state index contributed by atoms with van der Waals surface area (Å²) in [6.45, 7) is 1.79. The van der Waals surface area contributed by atoms with Crippen molar-refractivity contribution in [1.82, 2.24) is 9.62 Å². The molecule has 20 heavy (non-hydrogen) atoms. The first-order valence-corrected chi connectivity index (χ1v) is 7.67. The number of nitrogens with one attached hydrogen (secondary N) is 1. The lowest BCUT2D eigenvalue weighted by Crippen LogP contribution is -2.33. The maximum atomic E-state index is 11.9. The maximum absolute atomic E-state index is 11.9. The fourth-order valence-electron chi connectivity index (χ4n) is 1.56. The van der Waals surface area contributed by atoms with E-state index in [1.54, 1.807) is 6.92 Å². The normalized spacial score (nSPS) is 13.2. The van der Waals surface area contributed by atoms with Gasteiger partial charge in [0.15, 0.2) is 0 Å². The molecule has 1 atom stereocenters. The van der Waals surface area contributed by atoms with Crippen LogP contribution < -0.4 is 5.32 Å². The number of sulfonamides is 1. The highest BCUT2D eigenvalue weighted by molar-refractivity contribution is 7.89. The van der Waals surface area contributed by atoms with E-state index in [-0.39, 0.29) is 23.5 Å². The third kappa shape index (κ3) is 4.03. The molecule has 0 fully saturated rings. The van der Waals surface area contributed by atoms with Crippen LogP contribution in [0, 0.1) is 0 Å². The van der Waals surface area contributed by atoms with Crippen molar-refractivity contribution in [3.05, 3.63) is 29.8 Å². The fourth-order valence-corrected chi connectivity index (χ4v) is 2.46. The third-order valence-electron chi connectivity index (χ3n) is 2.83. The molecule has 112 valence electrons. The molecule has 0 saturated heterocycles.